The summed E-state index contributed by atoms with van der Waals surface area (Å²) < 4.78 is 45.6. The number of amides is 3. The zero-order chi connectivity index (χ0) is 64.8. The number of hydrogen-bond acceptors (Lipinski definition) is 15. The molecule has 8 aliphatic rings. The molecule has 3 amide bonds. The maximum absolute atomic E-state index is 13.3. The van der Waals surface area contributed by atoms with Crippen LogP contribution in [0.3, 0.4) is 0 Å². The lowest BCUT2D eigenvalue weighted by molar-refractivity contribution is -0.132. The molecule has 6 aromatic rings. The van der Waals surface area contributed by atoms with E-state index < -0.39 is 22.8 Å². The molecule has 0 bridgehead atoms. The van der Waals surface area contributed by atoms with Gasteiger partial charge < -0.3 is 55.2 Å². The second-order valence-electron chi connectivity index (χ2n) is 25.7. The van der Waals surface area contributed by atoms with E-state index in [1.165, 1.54) is 125 Å². The van der Waals surface area contributed by atoms with Crippen LogP contribution in [-0.2, 0) is 73.0 Å². The molecule has 0 saturated carbocycles. The van der Waals surface area contributed by atoms with Crippen LogP contribution in [0.4, 0.5) is 41.1 Å². The van der Waals surface area contributed by atoms with E-state index in [0.717, 1.165) is 90.8 Å². The van der Waals surface area contributed by atoms with Gasteiger partial charge >= 0.3 is 12.2 Å². The van der Waals surface area contributed by atoms with Crippen LogP contribution in [-0.4, -0.2) is 162 Å². The van der Waals surface area contributed by atoms with Gasteiger partial charge in [0.25, 0.3) is 0 Å². The minimum Gasteiger partial charge on any atom is -0.444 e. The number of ether oxygens (including phenoxy) is 2. The highest BCUT2D eigenvalue weighted by Gasteiger charge is 2.32. The van der Waals surface area contributed by atoms with Crippen LogP contribution >= 0.6 is 45.8 Å². The lowest BCUT2D eigenvalue weighted by Gasteiger charge is -2.31. The summed E-state index contributed by atoms with van der Waals surface area (Å²) in [5.74, 6) is -0.872. The Morgan fingerprint density at radius 2 is 0.934 bits per heavy atom. The zero-order valence-corrected chi connectivity index (χ0v) is 57.2. The third-order valence-corrected chi connectivity index (χ3v) is 18.0. The van der Waals surface area contributed by atoms with Crippen LogP contribution in [0.5, 0.6) is 0 Å². The molecule has 4 saturated heterocycles. The minimum atomic E-state index is -0.463. The second-order valence-corrected chi connectivity index (χ2v) is 27.7. The summed E-state index contributed by atoms with van der Waals surface area (Å²) in [7, 11) is 0. The number of anilines is 4. The Morgan fingerprint density at radius 3 is 1.38 bits per heavy atom. The summed E-state index contributed by atoms with van der Waals surface area (Å²) in [5, 5.41) is 24.4. The lowest BCUT2D eigenvalue weighted by atomic mass is 10.1. The van der Waals surface area contributed by atoms with Crippen LogP contribution in [0.15, 0.2) is 61.2 Å². The quantitative estimate of drug-likeness (QED) is 0.108. The first-order chi connectivity index (χ1) is 43.6. The molecule has 22 nitrogen and oxygen atoms in total. The number of carbonyl (C=O) groups is 3. The number of fused-ring (bicyclic) bond motifs is 4. The number of hydrogen-bond donors (Lipinski definition) is 3. The van der Waals surface area contributed by atoms with Gasteiger partial charge in [-0.25, -0.2) is 18.4 Å². The molecule has 0 radical (unpaired) electrons. The standard InChI is InChI=1S/C18H20ClFN4O.C15H24N4O2.C11H16IN3O2.C10H16N4.C6H5ClFN.C4H9N/c19-14-9-13(3-4-15(14)20)10-18(25)23-7-8-24-17(12-23)16(11-21-24)22-5-1-2-6-22;1-15(2,3)21-14(20)18-8-9-19-13(11-18)12(10-16-19)17-6-4-5-7-17;1-11(2,3)17-10(16)14-4-5-15-9(7-14)8(12)6-13-15;1-2-5-13(4-1)9-8-12-14-6-3-11-7-10(9)14;7-5-3-4(9)1-2-6(5)8;1-2-4-5-3-1/h3-4,9,11H,1-2,5-8,10,12H2;10H,4-9,11H2,1-3H3;6H,4-5,7H2,1-3H3;8,11H,1-7H2;1-3H,9H2;5H,1-4H2. The molecular weight excluding hydrogens is 1320 g/mol. The Bertz CT molecular complexity index is 3370. The van der Waals surface area contributed by atoms with Gasteiger partial charge in [0.1, 0.15) is 22.8 Å². The average molecular weight is 1410 g/mol. The van der Waals surface area contributed by atoms with Crippen molar-refractivity contribution in [3.05, 3.63) is 115 Å². The molecule has 0 spiro atoms. The van der Waals surface area contributed by atoms with Crippen molar-refractivity contribution in [2.24, 2.45) is 0 Å². The van der Waals surface area contributed by atoms with E-state index in [1.807, 2.05) is 85.3 Å². The highest BCUT2D eigenvalue weighted by molar-refractivity contribution is 14.1. The van der Waals surface area contributed by atoms with Crippen LogP contribution in [0.1, 0.15) is 121 Å². The van der Waals surface area contributed by atoms with Crippen LogP contribution in [0.25, 0.3) is 0 Å². The van der Waals surface area contributed by atoms with Crippen LogP contribution in [0, 0.1) is 15.2 Å². The van der Waals surface area contributed by atoms with E-state index >= 15 is 0 Å². The molecule has 14 rings (SSSR count). The number of carbonyl (C=O) groups excluding carboxylic acids is 3. The Hall–Kier alpha value is -6.42. The topological polar surface area (TPSA) is 210 Å². The first-order valence-corrected chi connectivity index (χ1v) is 33.8. The molecule has 4 N–H and O–H groups in total. The molecule has 0 aliphatic carbocycles. The maximum Gasteiger partial charge on any atom is 0.410 e. The minimum absolute atomic E-state index is 0.0301. The van der Waals surface area contributed by atoms with Crippen LogP contribution in [0.2, 0.25) is 10.0 Å². The number of benzene rings is 2. The fourth-order valence-electron chi connectivity index (χ4n) is 11.8. The van der Waals surface area contributed by atoms with E-state index in [9.17, 15) is 23.2 Å². The van der Waals surface area contributed by atoms with Crippen molar-refractivity contribution in [2.75, 3.05) is 99.0 Å². The lowest BCUT2D eigenvalue weighted by Crippen LogP contribution is -2.42. The third kappa shape index (κ3) is 19.3. The van der Waals surface area contributed by atoms with Gasteiger partial charge in [-0.3, -0.25) is 23.5 Å². The van der Waals surface area contributed by atoms with Gasteiger partial charge in [-0.05, 0) is 164 Å². The molecule has 0 unspecified atom stereocenters. The molecular formula is C64H90Cl2F2IN17O5. The van der Waals surface area contributed by atoms with Crippen molar-refractivity contribution < 1.29 is 32.6 Å². The molecule has 4 fully saturated rings. The monoisotopic (exact) mass is 1410 g/mol. The van der Waals surface area contributed by atoms with Crippen molar-refractivity contribution in [1.82, 2.24) is 64.5 Å². The van der Waals surface area contributed by atoms with Gasteiger partial charge in [0, 0.05) is 77.7 Å². The van der Waals surface area contributed by atoms with Gasteiger partial charge in [0.05, 0.1) is 130 Å². The second kappa shape index (κ2) is 31.9. The summed E-state index contributed by atoms with van der Waals surface area (Å²) in [6.45, 7) is 29.4. The van der Waals surface area contributed by atoms with Crippen LogP contribution < -0.4 is 31.1 Å². The maximum atomic E-state index is 13.3. The molecule has 91 heavy (non-hydrogen) atoms. The fourth-order valence-corrected chi connectivity index (χ4v) is 12.7. The average Bonchev–Trinajstić information content (AvgIpc) is 1.73. The SMILES string of the molecule is C1CCNC1.CC(C)(C)OC(=O)N1CCn2ncc(I)c2C1.CC(C)(C)OC(=O)N1CCn2ncc(N3CCCC3)c2C1.Nc1ccc(F)c(Cl)c1.O=C(Cc1ccc(F)c(Cl)c1)N1CCn2ncc(N3CCCC3)c2C1.c1nn2c(c1N1CCCC1)CNCC2. The van der Waals surface area contributed by atoms with Crippen molar-refractivity contribution >= 4 is 86.6 Å². The van der Waals surface area contributed by atoms with Gasteiger partial charge in [-0.15, -0.1) is 0 Å². The predicted octanol–water partition coefficient (Wildman–Crippen LogP) is 10.4. The number of halogens is 5. The highest BCUT2D eigenvalue weighted by Crippen LogP contribution is 2.31. The number of aromatic nitrogens is 8. The Kier molecular flexibility index (Phi) is 24.2. The van der Waals surface area contributed by atoms with Gasteiger partial charge in [0.15, 0.2) is 0 Å². The van der Waals surface area contributed by atoms with E-state index in [-0.39, 0.29) is 34.6 Å². The number of nitrogen functional groups attached to an aromatic ring is 1. The predicted molar refractivity (Wildman–Crippen MR) is 359 cm³/mol. The Balaban J connectivity index is 0.000000136. The molecule has 27 heteroatoms. The first kappa shape index (κ1) is 68.9. The van der Waals surface area contributed by atoms with E-state index in [2.05, 4.69) is 73.0 Å². The number of nitrogens with two attached hydrogens (primary N) is 1. The van der Waals surface area contributed by atoms with Crippen molar-refractivity contribution in [1.29, 1.82) is 0 Å². The molecule has 4 aromatic heterocycles. The first-order valence-electron chi connectivity index (χ1n) is 32.0. The molecule has 2 aromatic carbocycles. The smallest absolute Gasteiger partial charge is 0.410 e. The molecule has 496 valence electrons. The molecule has 8 aliphatic heterocycles. The summed E-state index contributed by atoms with van der Waals surface area (Å²) >= 11 is 13.4. The van der Waals surface area contributed by atoms with E-state index in [1.54, 1.807) is 15.9 Å². The van der Waals surface area contributed by atoms with Crippen molar-refractivity contribution in [2.45, 2.75) is 163 Å². The van der Waals surface area contributed by atoms with Gasteiger partial charge in [0.2, 0.25) is 5.91 Å². The van der Waals surface area contributed by atoms with E-state index in [0.29, 0.717) is 51.5 Å². The molecule has 12 heterocycles. The summed E-state index contributed by atoms with van der Waals surface area (Å²) in [4.78, 5) is 49.4. The number of nitrogens with zero attached hydrogens (tertiary/aromatic N) is 14. The third-order valence-electron chi connectivity index (χ3n) is 16.5. The van der Waals surface area contributed by atoms with E-state index in [4.69, 9.17) is 38.4 Å². The number of rotatable bonds is 5. The van der Waals surface area contributed by atoms with Gasteiger partial charge in [-0.2, -0.15) is 20.4 Å². The Morgan fingerprint density at radius 1 is 0.516 bits per heavy atom. The fraction of sp³-hybridized carbons (Fsp3) is 0.578. The number of nitrogens with one attached hydrogen (secondary N) is 2. The Labute approximate surface area is 557 Å². The summed E-state index contributed by atoms with van der Waals surface area (Å²) in [6.07, 6.45) is 17.8. The van der Waals surface area contributed by atoms with Gasteiger partial charge in [-0.1, -0.05) is 29.3 Å². The normalized spacial score (nSPS) is 17.5. The van der Waals surface area contributed by atoms with Crippen molar-refractivity contribution in [3.8, 4) is 0 Å². The largest absolute Gasteiger partial charge is 0.444 e. The highest BCUT2D eigenvalue weighted by atomic mass is 127. The molecule has 0 atom stereocenters. The summed E-state index contributed by atoms with van der Waals surface area (Å²) in [5.41, 5.74) is 14.0. The van der Waals surface area contributed by atoms with Crippen molar-refractivity contribution in [3.63, 3.8) is 0 Å². The summed E-state index contributed by atoms with van der Waals surface area (Å²) in [6, 6.07) is 8.51. The zero-order valence-electron chi connectivity index (χ0n) is 53.5.